The molecule has 0 aromatic heterocycles. The normalized spacial score (nSPS) is 9.68. The van der Waals surface area contributed by atoms with E-state index in [4.69, 9.17) is 11.0 Å². The Morgan fingerprint density at radius 2 is 2.00 bits per heavy atom. The first-order chi connectivity index (χ1) is 9.10. The van der Waals surface area contributed by atoms with Crippen molar-refractivity contribution in [2.24, 2.45) is 0 Å². The van der Waals surface area contributed by atoms with Crippen LogP contribution in [0.5, 0.6) is 0 Å². The van der Waals surface area contributed by atoms with Crippen LogP contribution in [0.2, 0.25) is 0 Å². The fourth-order valence-corrected chi connectivity index (χ4v) is 1.83. The number of anilines is 2. The topological polar surface area (TPSA) is 78.9 Å². The molecule has 2 aromatic rings. The van der Waals surface area contributed by atoms with Gasteiger partial charge in [0.05, 0.1) is 11.3 Å². The van der Waals surface area contributed by atoms with Gasteiger partial charge in [-0.3, -0.25) is 4.79 Å². The highest BCUT2D eigenvalue weighted by atomic mass is 16.1. The minimum atomic E-state index is -0.280. The summed E-state index contributed by atoms with van der Waals surface area (Å²) in [5, 5.41) is 11.7. The fourth-order valence-electron chi connectivity index (χ4n) is 1.83. The first-order valence-corrected chi connectivity index (χ1v) is 5.78. The molecule has 0 aliphatic carbocycles. The van der Waals surface area contributed by atoms with Crippen LogP contribution in [0.1, 0.15) is 21.5 Å². The second-order valence-electron chi connectivity index (χ2n) is 4.24. The Morgan fingerprint density at radius 3 is 2.68 bits per heavy atom. The van der Waals surface area contributed by atoms with Gasteiger partial charge in [0.15, 0.2) is 0 Å². The van der Waals surface area contributed by atoms with Gasteiger partial charge >= 0.3 is 0 Å². The van der Waals surface area contributed by atoms with E-state index in [0.717, 1.165) is 5.56 Å². The summed E-state index contributed by atoms with van der Waals surface area (Å²) in [6.07, 6.45) is 0. The second-order valence-corrected chi connectivity index (χ2v) is 4.24. The van der Waals surface area contributed by atoms with Gasteiger partial charge in [0.2, 0.25) is 0 Å². The average Bonchev–Trinajstić information content (AvgIpc) is 2.38. The van der Waals surface area contributed by atoms with Gasteiger partial charge in [0.25, 0.3) is 5.91 Å². The Kier molecular flexibility index (Phi) is 3.48. The molecule has 0 atom stereocenters. The lowest BCUT2D eigenvalue weighted by Crippen LogP contribution is -2.13. The van der Waals surface area contributed by atoms with Crippen LogP contribution in [0, 0.1) is 18.3 Å². The first-order valence-electron chi connectivity index (χ1n) is 5.78. The molecule has 0 fully saturated rings. The molecule has 0 aliphatic heterocycles. The minimum absolute atomic E-state index is 0.280. The fraction of sp³-hybridized carbons (Fsp3) is 0.0667. The van der Waals surface area contributed by atoms with Gasteiger partial charge < -0.3 is 11.1 Å². The Balaban J connectivity index is 2.29. The predicted molar refractivity (Wildman–Crippen MR) is 74.7 cm³/mol. The third-order valence-electron chi connectivity index (χ3n) is 2.66. The third-order valence-corrected chi connectivity index (χ3v) is 2.66. The van der Waals surface area contributed by atoms with Crippen molar-refractivity contribution in [2.45, 2.75) is 6.92 Å². The van der Waals surface area contributed by atoms with Crippen molar-refractivity contribution in [2.75, 3.05) is 11.1 Å². The van der Waals surface area contributed by atoms with Crippen molar-refractivity contribution in [3.63, 3.8) is 0 Å². The molecule has 0 bridgehead atoms. The summed E-state index contributed by atoms with van der Waals surface area (Å²) < 4.78 is 0. The van der Waals surface area contributed by atoms with Crippen LogP contribution in [-0.2, 0) is 0 Å². The number of carbonyl (C=O) groups excluding carboxylic acids is 1. The molecule has 1 amide bonds. The van der Waals surface area contributed by atoms with Gasteiger partial charge in [-0.05, 0) is 42.8 Å². The Hall–Kier alpha value is -2.80. The molecule has 2 aromatic carbocycles. The number of aryl methyl sites for hydroxylation is 1. The van der Waals surface area contributed by atoms with Gasteiger partial charge in [-0.15, -0.1) is 0 Å². The van der Waals surface area contributed by atoms with E-state index in [1.54, 1.807) is 42.5 Å². The molecular weight excluding hydrogens is 238 g/mol. The zero-order valence-corrected chi connectivity index (χ0v) is 10.5. The molecule has 3 N–H and O–H groups in total. The van der Waals surface area contributed by atoms with Crippen LogP contribution in [0.3, 0.4) is 0 Å². The number of nitrogens with zero attached hydrogens (tertiary/aromatic N) is 1. The van der Waals surface area contributed by atoms with Crippen molar-refractivity contribution >= 4 is 17.3 Å². The van der Waals surface area contributed by atoms with E-state index in [-0.39, 0.29) is 5.91 Å². The zero-order chi connectivity index (χ0) is 13.8. The van der Waals surface area contributed by atoms with Gasteiger partial charge in [-0.2, -0.15) is 5.26 Å². The van der Waals surface area contributed by atoms with E-state index >= 15 is 0 Å². The molecule has 0 unspecified atom stereocenters. The largest absolute Gasteiger partial charge is 0.399 e. The van der Waals surface area contributed by atoms with Crippen molar-refractivity contribution in [1.82, 2.24) is 0 Å². The van der Waals surface area contributed by atoms with E-state index in [1.165, 1.54) is 0 Å². The molecule has 0 saturated carbocycles. The number of hydrogen-bond acceptors (Lipinski definition) is 3. The van der Waals surface area contributed by atoms with Crippen LogP contribution < -0.4 is 11.1 Å². The van der Waals surface area contributed by atoms with Crippen LogP contribution in [0.25, 0.3) is 0 Å². The SMILES string of the molecule is Cc1cc(N)cc(C(=O)Nc2ccccc2C#N)c1. The molecular formula is C15H13N3O. The monoisotopic (exact) mass is 251 g/mol. The lowest BCUT2D eigenvalue weighted by atomic mass is 10.1. The molecule has 0 aliphatic rings. The van der Waals surface area contributed by atoms with Crippen molar-refractivity contribution in [3.8, 4) is 6.07 Å². The highest BCUT2D eigenvalue weighted by Gasteiger charge is 2.09. The Labute approximate surface area is 111 Å². The molecule has 0 radical (unpaired) electrons. The van der Waals surface area contributed by atoms with Crippen LogP contribution in [-0.4, -0.2) is 5.91 Å². The standard InChI is InChI=1S/C15H13N3O/c1-10-6-12(8-13(17)7-10)15(19)18-14-5-3-2-4-11(14)9-16/h2-8H,17H2,1H3,(H,18,19). The summed E-state index contributed by atoms with van der Waals surface area (Å²) in [6.45, 7) is 1.87. The Bertz CT molecular complexity index is 651. The number of para-hydroxylation sites is 1. The lowest BCUT2D eigenvalue weighted by molar-refractivity contribution is 0.102. The lowest BCUT2D eigenvalue weighted by Gasteiger charge is -2.08. The molecule has 0 heterocycles. The maximum absolute atomic E-state index is 12.1. The van der Waals surface area contributed by atoms with Crippen LogP contribution in [0.15, 0.2) is 42.5 Å². The molecule has 94 valence electrons. The van der Waals surface area contributed by atoms with Crippen LogP contribution in [0.4, 0.5) is 11.4 Å². The summed E-state index contributed by atoms with van der Waals surface area (Å²) in [5.74, 6) is -0.280. The molecule has 2 rings (SSSR count). The summed E-state index contributed by atoms with van der Waals surface area (Å²) >= 11 is 0. The van der Waals surface area contributed by atoms with Gasteiger partial charge in [-0.25, -0.2) is 0 Å². The molecule has 4 nitrogen and oxygen atoms in total. The smallest absolute Gasteiger partial charge is 0.255 e. The number of nitrogens with one attached hydrogen (secondary N) is 1. The maximum Gasteiger partial charge on any atom is 0.255 e. The van der Waals surface area contributed by atoms with E-state index in [2.05, 4.69) is 5.32 Å². The maximum atomic E-state index is 12.1. The number of nitrogen functional groups attached to an aromatic ring is 1. The minimum Gasteiger partial charge on any atom is -0.399 e. The van der Waals surface area contributed by atoms with E-state index in [9.17, 15) is 4.79 Å². The van der Waals surface area contributed by atoms with Crippen molar-refractivity contribution < 1.29 is 4.79 Å². The summed E-state index contributed by atoms with van der Waals surface area (Å²) in [5.41, 5.74) is 8.57. The van der Waals surface area contributed by atoms with Gasteiger partial charge in [0.1, 0.15) is 6.07 Å². The molecule has 0 spiro atoms. The van der Waals surface area contributed by atoms with Crippen molar-refractivity contribution in [3.05, 3.63) is 59.2 Å². The number of nitriles is 1. The molecule has 0 saturated heterocycles. The molecule has 19 heavy (non-hydrogen) atoms. The third kappa shape index (κ3) is 2.90. The summed E-state index contributed by atoms with van der Waals surface area (Å²) in [7, 11) is 0. The van der Waals surface area contributed by atoms with Gasteiger partial charge in [0, 0.05) is 11.3 Å². The number of rotatable bonds is 2. The second kappa shape index (κ2) is 5.23. The van der Waals surface area contributed by atoms with E-state index in [0.29, 0.717) is 22.5 Å². The number of carbonyl (C=O) groups is 1. The van der Waals surface area contributed by atoms with Crippen molar-refractivity contribution in [1.29, 1.82) is 5.26 Å². The van der Waals surface area contributed by atoms with Crippen LogP contribution >= 0.6 is 0 Å². The van der Waals surface area contributed by atoms with E-state index in [1.807, 2.05) is 13.0 Å². The number of hydrogen-bond donors (Lipinski definition) is 2. The Morgan fingerprint density at radius 1 is 1.26 bits per heavy atom. The quantitative estimate of drug-likeness (QED) is 0.805. The average molecular weight is 251 g/mol. The number of nitrogens with two attached hydrogens (primary N) is 1. The highest BCUT2D eigenvalue weighted by Crippen LogP contribution is 2.17. The highest BCUT2D eigenvalue weighted by molar-refractivity contribution is 6.05. The zero-order valence-electron chi connectivity index (χ0n) is 10.5. The molecule has 4 heteroatoms. The first kappa shape index (κ1) is 12.7. The number of amides is 1. The summed E-state index contributed by atoms with van der Waals surface area (Å²) in [4.78, 5) is 12.1. The summed E-state index contributed by atoms with van der Waals surface area (Å²) in [6, 6.07) is 14.0. The number of benzene rings is 2. The predicted octanol–water partition coefficient (Wildman–Crippen LogP) is 2.70. The van der Waals surface area contributed by atoms with E-state index < -0.39 is 0 Å². The van der Waals surface area contributed by atoms with Gasteiger partial charge in [-0.1, -0.05) is 12.1 Å².